The van der Waals surface area contributed by atoms with E-state index in [0.717, 1.165) is 47.6 Å². The fraction of sp³-hybridized carbons (Fsp3) is 0.815. The first-order valence-corrected chi connectivity index (χ1v) is 12.8. The zero-order valence-electron chi connectivity index (χ0n) is 19.4. The third-order valence-electron chi connectivity index (χ3n) is 10.7. The van der Waals surface area contributed by atoms with Gasteiger partial charge in [0, 0.05) is 18.3 Å². The van der Waals surface area contributed by atoms with E-state index in [0.29, 0.717) is 24.2 Å². The van der Waals surface area contributed by atoms with E-state index in [2.05, 4.69) is 26.1 Å². The van der Waals surface area contributed by atoms with Gasteiger partial charge in [0.2, 0.25) is 0 Å². The fourth-order valence-corrected chi connectivity index (χ4v) is 9.57. The molecule has 11 unspecified atom stereocenters. The number of nitrogens with zero attached hydrogens (tertiary/aromatic N) is 1. The van der Waals surface area contributed by atoms with Gasteiger partial charge in [-0.3, -0.25) is 4.79 Å². The maximum Gasteiger partial charge on any atom is 0.155 e. The molecule has 0 radical (unpaired) electrons. The molecule has 5 fully saturated rings. The molecule has 0 amide bonds. The first-order chi connectivity index (χ1) is 14.9. The summed E-state index contributed by atoms with van der Waals surface area (Å²) in [4.78, 5) is 13.4. The summed E-state index contributed by atoms with van der Waals surface area (Å²) < 4.78 is 0. The monoisotopic (exact) mass is 421 g/mol. The number of hydrogen-bond donors (Lipinski definition) is 2. The van der Waals surface area contributed by atoms with Crippen LogP contribution < -0.4 is 5.32 Å². The maximum atomic E-state index is 13.4. The molecule has 31 heavy (non-hydrogen) atoms. The highest BCUT2D eigenvalue weighted by molar-refractivity contribution is 5.86. The number of nitrogens with one attached hydrogen (secondary N) is 2. The van der Waals surface area contributed by atoms with Gasteiger partial charge in [0.1, 0.15) is 6.07 Å². The fourth-order valence-electron chi connectivity index (χ4n) is 9.57. The van der Waals surface area contributed by atoms with E-state index in [4.69, 9.17) is 10.7 Å². The molecular weight excluding hydrogens is 382 g/mol. The number of rotatable bonds is 5. The lowest BCUT2D eigenvalue weighted by molar-refractivity contribution is -0.133. The maximum absolute atomic E-state index is 13.4. The molecule has 4 heteroatoms. The molecule has 0 aromatic rings. The Morgan fingerprint density at radius 1 is 1.13 bits per heavy atom. The van der Waals surface area contributed by atoms with Gasteiger partial charge in [-0.25, -0.2) is 0 Å². The summed E-state index contributed by atoms with van der Waals surface area (Å²) in [6.07, 6.45) is 12.3. The van der Waals surface area contributed by atoms with Gasteiger partial charge in [0.15, 0.2) is 5.78 Å². The SMILES string of the molecule is CC1CCC2C(CCC3C2CCC2(C)C(C(=O)CN/C=C(/C#N)C=N)C4C(C)C4C32)C1. The third-order valence-corrected chi connectivity index (χ3v) is 10.7. The van der Waals surface area contributed by atoms with Crippen molar-refractivity contribution in [1.82, 2.24) is 5.32 Å². The molecule has 4 nitrogen and oxygen atoms in total. The van der Waals surface area contributed by atoms with Crippen LogP contribution in [0.4, 0.5) is 0 Å². The molecule has 0 aromatic heterocycles. The summed E-state index contributed by atoms with van der Waals surface area (Å²) >= 11 is 0. The van der Waals surface area contributed by atoms with Gasteiger partial charge < -0.3 is 10.7 Å². The van der Waals surface area contributed by atoms with Crippen molar-refractivity contribution in [2.24, 2.45) is 64.6 Å². The summed E-state index contributed by atoms with van der Waals surface area (Å²) in [5.41, 5.74) is 0.430. The lowest BCUT2D eigenvalue weighted by Crippen LogP contribution is -2.51. The molecule has 5 rings (SSSR count). The number of carbonyl (C=O) groups excluding carboxylic acids is 1. The topological polar surface area (TPSA) is 76.7 Å². The van der Waals surface area contributed by atoms with Crippen LogP contribution in [0.2, 0.25) is 0 Å². The average molecular weight is 422 g/mol. The van der Waals surface area contributed by atoms with E-state index in [1.165, 1.54) is 51.1 Å². The van der Waals surface area contributed by atoms with E-state index in [9.17, 15) is 4.79 Å². The normalized spacial score (nSPS) is 50.2. The van der Waals surface area contributed by atoms with Gasteiger partial charge in [0.05, 0.1) is 12.1 Å². The summed E-state index contributed by atoms with van der Waals surface area (Å²) in [5.74, 6) is 7.90. The minimum atomic E-state index is 0.167. The number of fused-ring (bicyclic) bond motifs is 7. The van der Waals surface area contributed by atoms with Crippen LogP contribution in [0, 0.1) is 81.3 Å². The van der Waals surface area contributed by atoms with Crippen molar-refractivity contribution in [2.45, 2.75) is 65.7 Å². The number of allylic oxidation sites excluding steroid dienone is 1. The Morgan fingerprint density at radius 3 is 2.65 bits per heavy atom. The van der Waals surface area contributed by atoms with Crippen LogP contribution in [-0.4, -0.2) is 18.5 Å². The van der Waals surface area contributed by atoms with Gasteiger partial charge in [-0.2, -0.15) is 5.26 Å². The van der Waals surface area contributed by atoms with E-state index in [1.807, 2.05) is 6.07 Å². The molecule has 0 aromatic carbocycles. The van der Waals surface area contributed by atoms with Crippen LogP contribution in [0.1, 0.15) is 65.7 Å². The number of nitriles is 1. The standard InChI is InChI=1S/C27H39N3O/c1-15-4-6-19-18(10-15)5-7-21-20(19)8-9-27(3)25(21)23-16(2)24(23)26(27)22(31)14-30-13-17(11-28)12-29/h11,13,15-16,18-21,23-26,28,30H,4-10,14H2,1-3H3/b17-13+,28-11?. The van der Waals surface area contributed by atoms with Gasteiger partial charge in [-0.1, -0.05) is 27.2 Å². The Labute approximate surface area is 187 Å². The number of hydrogen-bond acceptors (Lipinski definition) is 4. The summed E-state index contributed by atoms with van der Waals surface area (Å²) in [7, 11) is 0. The van der Waals surface area contributed by atoms with Gasteiger partial charge in [-0.15, -0.1) is 0 Å². The molecule has 5 aliphatic rings. The summed E-state index contributed by atoms with van der Waals surface area (Å²) in [6, 6.07) is 1.97. The van der Waals surface area contributed by atoms with Crippen LogP contribution >= 0.6 is 0 Å². The molecule has 0 aliphatic heterocycles. The Bertz CT molecular complexity index is 827. The predicted octanol–water partition coefficient (Wildman–Crippen LogP) is 5.21. The minimum Gasteiger partial charge on any atom is -0.383 e. The molecule has 0 bridgehead atoms. The molecule has 5 aliphatic carbocycles. The smallest absolute Gasteiger partial charge is 0.155 e. The highest BCUT2D eigenvalue weighted by Crippen LogP contribution is 2.76. The molecular formula is C27H39N3O. The largest absolute Gasteiger partial charge is 0.383 e. The second-order valence-corrected chi connectivity index (χ2v) is 12.0. The van der Waals surface area contributed by atoms with E-state index in [-0.39, 0.29) is 16.9 Å². The zero-order valence-corrected chi connectivity index (χ0v) is 19.4. The molecule has 5 saturated carbocycles. The van der Waals surface area contributed by atoms with Crippen molar-refractivity contribution >= 4 is 12.0 Å². The van der Waals surface area contributed by atoms with Crippen LogP contribution in [-0.2, 0) is 4.79 Å². The van der Waals surface area contributed by atoms with Crippen LogP contribution in [0.5, 0.6) is 0 Å². The zero-order chi connectivity index (χ0) is 21.9. The van der Waals surface area contributed by atoms with Crippen molar-refractivity contribution in [2.75, 3.05) is 6.54 Å². The van der Waals surface area contributed by atoms with Crippen molar-refractivity contribution in [1.29, 1.82) is 10.7 Å². The number of Topliss-reactive ketones (excluding diaryl/α,β-unsaturated/α-hetero) is 1. The quantitative estimate of drug-likeness (QED) is 0.472. The van der Waals surface area contributed by atoms with Gasteiger partial charge in [0.25, 0.3) is 0 Å². The Kier molecular flexibility index (Phi) is 5.31. The predicted molar refractivity (Wildman–Crippen MR) is 122 cm³/mol. The Balaban J connectivity index is 1.34. The molecule has 0 heterocycles. The van der Waals surface area contributed by atoms with Crippen molar-refractivity contribution < 1.29 is 4.79 Å². The molecule has 11 atom stereocenters. The van der Waals surface area contributed by atoms with E-state index >= 15 is 0 Å². The van der Waals surface area contributed by atoms with Crippen molar-refractivity contribution in [3.63, 3.8) is 0 Å². The molecule has 2 N–H and O–H groups in total. The number of carbonyl (C=O) groups is 1. The highest BCUT2D eigenvalue weighted by Gasteiger charge is 2.73. The van der Waals surface area contributed by atoms with E-state index < -0.39 is 0 Å². The van der Waals surface area contributed by atoms with Crippen LogP contribution in [0.3, 0.4) is 0 Å². The molecule has 0 spiro atoms. The van der Waals surface area contributed by atoms with Gasteiger partial charge >= 0.3 is 0 Å². The summed E-state index contributed by atoms with van der Waals surface area (Å²) in [6.45, 7) is 7.59. The minimum absolute atomic E-state index is 0.167. The van der Waals surface area contributed by atoms with E-state index in [1.54, 1.807) is 0 Å². The van der Waals surface area contributed by atoms with Gasteiger partial charge in [-0.05, 0) is 97.2 Å². The second kappa shape index (κ2) is 7.75. The second-order valence-electron chi connectivity index (χ2n) is 12.0. The Morgan fingerprint density at radius 2 is 1.90 bits per heavy atom. The third kappa shape index (κ3) is 3.21. The highest BCUT2D eigenvalue weighted by atomic mass is 16.1. The van der Waals surface area contributed by atoms with Crippen LogP contribution in [0.15, 0.2) is 11.8 Å². The first kappa shape index (κ1) is 21.2. The van der Waals surface area contributed by atoms with Crippen LogP contribution in [0.25, 0.3) is 0 Å². The first-order valence-electron chi connectivity index (χ1n) is 12.8. The van der Waals surface area contributed by atoms with Crippen molar-refractivity contribution in [3.05, 3.63) is 11.8 Å². The average Bonchev–Trinajstić information content (AvgIpc) is 3.27. The molecule has 0 saturated heterocycles. The lowest BCUT2D eigenvalue weighted by atomic mass is 9.47. The lowest BCUT2D eigenvalue weighted by Gasteiger charge is -2.57. The Hall–Kier alpha value is -1.63. The van der Waals surface area contributed by atoms with Crippen molar-refractivity contribution in [3.8, 4) is 6.07 Å². The number of ketones is 1. The molecule has 168 valence electrons. The summed E-state index contributed by atoms with van der Waals surface area (Å²) in [5, 5.41) is 19.3.